The minimum Gasteiger partial charge on any atom is -0.397 e. The molecule has 0 aliphatic heterocycles. The van der Waals surface area contributed by atoms with E-state index in [1.807, 2.05) is 12.3 Å². The minimum absolute atomic E-state index is 0.683. The summed E-state index contributed by atoms with van der Waals surface area (Å²) in [5.74, 6) is 0. The van der Waals surface area contributed by atoms with E-state index in [-0.39, 0.29) is 0 Å². The molecule has 3 heteroatoms. The number of nitrogen functional groups attached to an aromatic ring is 1. The molecule has 1 aromatic heterocycles. The van der Waals surface area contributed by atoms with E-state index in [1.54, 1.807) is 6.20 Å². The Balaban J connectivity index is 2.14. The van der Waals surface area contributed by atoms with Crippen LogP contribution in [0.4, 0.5) is 11.4 Å². The third kappa shape index (κ3) is 2.46. The number of nitrogens with zero attached hydrogens (tertiary/aromatic N) is 2. The largest absolute Gasteiger partial charge is 0.397 e. The lowest BCUT2D eigenvalue weighted by molar-refractivity contribution is 0.418. The van der Waals surface area contributed by atoms with Gasteiger partial charge in [0, 0.05) is 18.8 Å². The van der Waals surface area contributed by atoms with Crippen molar-refractivity contribution in [2.45, 2.75) is 45.1 Å². The number of hydrogen-bond donors (Lipinski definition) is 1. The highest BCUT2D eigenvalue weighted by Gasteiger charge is 2.20. The fourth-order valence-electron chi connectivity index (χ4n) is 2.65. The van der Waals surface area contributed by atoms with E-state index in [2.05, 4.69) is 16.8 Å². The normalized spacial score (nSPS) is 17.3. The molecule has 1 heterocycles. The summed E-state index contributed by atoms with van der Waals surface area (Å²) in [4.78, 5) is 6.63. The summed E-state index contributed by atoms with van der Waals surface area (Å²) < 4.78 is 0. The van der Waals surface area contributed by atoms with Gasteiger partial charge in [-0.05, 0) is 25.8 Å². The summed E-state index contributed by atoms with van der Waals surface area (Å²) in [6.45, 7) is 3.24. The third-order valence-electron chi connectivity index (χ3n) is 3.43. The van der Waals surface area contributed by atoms with Gasteiger partial charge >= 0.3 is 0 Å². The van der Waals surface area contributed by atoms with Gasteiger partial charge < -0.3 is 10.6 Å². The van der Waals surface area contributed by atoms with Gasteiger partial charge in [0.05, 0.1) is 17.6 Å². The van der Waals surface area contributed by atoms with Crippen molar-refractivity contribution in [3.8, 4) is 0 Å². The first-order valence-electron chi connectivity index (χ1n) is 6.28. The fourth-order valence-corrected chi connectivity index (χ4v) is 2.65. The lowest BCUT2D eigenvalue weighted by atomic mass is 9.94. The van der Waals surface area contributed by atoms with Gasteiger partial charge in [-0.3, -0.25) is 4.98 Å². The van der Waals surface area contributed by atoms with Crippen LogP contribution in [0.15, 0.2) is 18.5 Å². The topological polar surface area (TPSA) is 42.2 Å². The van der Waals surface area contributed by atoms with E-state index in [4.69, 9.17) is 5.73 Å². The van der Waals surface area contributed by atoms with Crippen LogP contribution < -0.4 is 10.6 Å². The van der Waals surface area contributed by atoms with Crippen molar-refractivity contribution in [1.29, 1.82) is 0 Å². The Labute approximate surface area is 97.7 Å². The molecule has 0 spiro atoms. The second-order valence-corrected chi connectivity index (χ2v) is 4.55. The number of hydrogen-bond acceptors (Lipinski definition) is 3. The van der Waals surface area contributed by atoms with Crippen LogP contribution >= 0.6 is 0 Å². The van der Waals surface area contributed by atoms with Crippen LogP contribution in [0.3, 0.4) is 0 Å². The molecule has 0 amide bonds. The molecule has 1 aliphatic rings. The van der Waals surface area contributed by atoms with Crippen LogP contribution in [0.25, 0.3) is 0 Å². The maximum absolute atomic E-state index is 5.79. The highest BCUT2D eigenvalue weighted by atomic mass is 15.2. The Hall–Kier alpha value is -1.25. The molecule has 0 radical (unpaired) electrons. The second-order valence-electron chi connectivity index (χ2n) is 4.55. The molecule has 0 aromatic carbocycles. The predicted octanol–water partition coefficient (Wildman–Crippen LogP) is 2.82. The molecule has 16 heavy (non-hydrogen) atoms. The van der Waals surface area contributed by atoms with Gasteiger partial charge in [0.1, 0.15) is 0 Å². The summed E-state index contributed by atoms with van der Waals surface area (Å²) in [6, 6.07) is 2.72. The zero-order valence-corrected chi connectivity index (χ0v) is 10.0. The summed E-state index contributed by atoms with van der Waals surface area (Å²) in [5.41, 5.74) is 7.72. The zero-order valence-electron chi connectivity index (χ0n) is 10.0. The minimum atomic E-state index is 0.683. The van der Waals surface area contributed by atoms with Crippen LogP contribution in [0, 0.1) is 0 Å². The van der Waals surface area contributed by atoms with Gasteiger partial charge in [-0.25, -0.2) is 0 Å². The number of nitrogens with two attached hydrogens (primary N) is 1. The first kappa shape index (κ1) is 11.2. The quantitative estimate of drug-likeness (QED) is 0.850. The average molecular weight is 219 g/mol. The molecule has 0 saturated heterocycles. The average Bonchev–Trinajstić information content (AvgIpc) is 2.31. The Kier molecular flexibility index (Phi) is 3.65. The lowest BCUT2D eigenvalue weighted by Gasteiger charge is -2.35. The number of rotatable bonds is 3. The zero-order chi connectivity index (χ0) is 11.4. The van der Waals surface area contributed by atoms with Crippen molar-refractivity contribution < 1.29 is 0 Å². The van der Waals surface area contributed by atoms with E-state index in [9.17, 15) is 0 Å². The van der Waals surface area contributed by atoms with Gasteiger partial charge in [-0.2, -0.15) is 0 Å². The molecule has 1 saturated carbocycles. The van der Waals surface area contributed by atoms with E-state index < -0.39 is 0 Å². The summed E-state index contributed by atoms with van der Waals surface area (Å²) in [6.07, 6.45) is 10.4. The molecule has 88 valence electrons. The second kappa shape index (κ2) is 5.19. The smallest absolute Gasteiger partial charge is 0.0575 e. The predicted molar refractivity (Wildman–Crippen MR) is 68.5 cm³/mol. The Morgan fingerprint density at radius 2 is 2.06 bits per heavy atom. The summed E-state index contributed by atoms with van der Waals surface area (Å²) in [5, 5.41) is 0. The first-order chi connectivity index (χ1) is 7.81. The van der Waals surface area contributed by atoms with Crippen molar-refractivity contribution in [3.05, 3.63) is 18.5 Å². The van der Waals surface area contributed by atoms with Crippen molar-refractivity contribution in [1.82, 2.24) is 4.98 Å². The standard InChI is InChI=1S/C13H21N3/c1-2-16(12-6-4-3-5-7-12)13-8-11(14)9-15-10-13/h8-10,12H,2-7,14H2,1H3. The van der Waals surface area contributed by atoms with Gasteiger partial charge in [0.2, 0.25) is 0 Å². The number of anilines is 2. The van der Waals surface area contributed by atoms with Crippen LogP contribution in [-0.4, -0.2) is 17.6 Å². The van der Waals surface area contributed by atoms with E-state index in [0.29, 0.717) is 6.04 Å². The fraction of sp³-hybridized carbons (Fsp3) is 0.615. The molecule has 0 bridgehead atoms. The van der Waals surface area contributed by atoms with Crippen LogP contribution in [-0.2, 0) is 0 Å². The maximum Gasteiger partial charge on any atom is 0.0575 e. The van der Waals surface area contributed by atoms with Gasteiger partial charge in [0.25, 0.3) is 0 Å². The van der Waals surface area contributed by atoms with Crippen molar-refractivity contribution in [2.24, 2.45) is 0 Å². The van der Waals surface area contributed by atoms with Crippen molar-refractivity contribution in [3.63, 3.8) is 0 Å². The van der Waals surface area contributed by atoms with Crippen molar-refractivity contribution in [2.75, 3.05) is 17.2 Å². The Bertz CT molecular complexity index is 332. The molecule has 1 aliphatic carbocycles. The van der Waals surface area contributed by atoms with E-state index in [1.165, 1.54) is 37.8 Å². The van der Waals surface area contributed by atoms with Crippen LogP contribution in [0.1, 0.15) is 39.0 Å². The Morgan fingerprint density at radius 1 is 1.31 bits per heavy atom. The highest BCUT2D eigenvalue weighted by molar-refractivity contribution is 5.53. The third-order valence-corrected chi connectivity index (χ3v) is 3.43. The molecule has 3 nitrogen and oxygen atoms in total. The molecule has 1 fully saturated rings. The highest BCUT2D eigenvalue weighted by Crippen LogP contribution is 2.27. The lowest BCUT2D eigenvalue weighted by Crippen LogP contribution is -2.36. The summed E-state index contributed by atoms with van der Waals surface area (Å²) in [7, 11) is 0. The molecule has 0 atom stereocenters. The monoisotopic (exact) mass is 219 g/mol. The first-order valence-corrected chi connectivity index (χ1v) is 6.28. The number of aromatic nitrogens is 1. The van der Waals surface area contributed by atoms with Gasteiger partial charge in [-0.15, -0.1) is 0 Å². The van der Waals surface area contributed by atoms with E-state index >= 15 is 0 Å². The molecule has 0 unspecified atom stereocenters. The van der Waals surface area contributed by atoms with E-state index in [0.717, 1.165) is 12.2 Å². The molecule has 1 aromatic rings. The number of pyridine rings is 1. The summed E-state index contributed by atoms with van der Waals surface area (Å²) >= 11 is 0. The van der Waals surface area contributed by atoms with Crippen LogP contribution in [0.5, 0.6) is 0 Å². The van der Waals surface area contributed by atoms with Crippen molar-refractivity contribution >= 4 is 11.4 Å². The van der Waals surface area contributed by atoms with Gasteiger partial charge in [-0.1, -0.05) is 19.3 Å². The van der Waals surface area contributed by atoms with Gasteiger partial charge in [0.15, 0.2) is 0 Å². The molecule has 2 rings (SSSR count). The molecule has 2 N–H and O–H groups in total. The molecular formula is C13H21N3. The van der Waals surface area contributed by atoms with Crippen LogP contribution in [0.2, 0.25) is 0 Å². The SMILES string of the molecule is CCN(c1cncc(N)c1)C1CCCCC1. The Morgan fingerprint density at radius 3 is 2.69 bits per heavy atom. The molecular weight excluding hydrogens is 198 g/mol. The maximum atomic E-state index is 5.79.